The summed E-state index contributed by atoms with van der Waals surface area (Å²) in [7, 11) is 0. The summed E-state index contributed by atoms with van der Waals surface area (Å²) in [6, 6.07) is 6.58. The van der Waals surface area contributed by atoms with Gasteiger partial charge in [0.15, 0.2) is 0 Å². The number of aryl methyl sites for hydroxylation is 1. The Bertz CT molecular complexity index is 512. The molecule has 1 fully saturated rings. The molecule has 0 amide bonds. The largest absolute Gasteiger partial charge is 0.378 e. The Hall–Kier alpha value is -1.39. The quantitative estimate of drug-likeness (QED) is 0.808. The first kappa shape index (κ1) is 10.7. The highest BCUT2D eigenvalue weighted by atomic mass is 16.5. The molecule has 3 rings (SSSR count). The van der Waals surface area contributed by atoms with Crippen LogP contribution >= 0.6 is 0 Å². The van der Waals surface area contributed by atoms with Gasteiger partial charge in [-0.2, -0.15) is 0 Å². The summed E-state index contributed by atoms with van der Waals surface area (Å²) in [6.45, 7) is 5.56. The minimum atomic E-state index is 0.337. The molecule has 0 radical (unpaired) electrons. The van der Waals surface area contributed by atoms with E-state index in [9.17, 15) is 0 Å². The fourth-order valence-corrected chi connectivity index (χ4v) is 2.41. The van der Waals surface area contributed by atoms with E-state index >= 15 is 0 Å². The first-order valence-electron chi connectivity index (χ1n) is 6.07. The summed E-state index contributed by atoms with van der Waals surface area (Å²) in [5, 5.41) is 3.40. The van der Waals surface area contributed by atoms with Crippen molar-refractivity contribution in [1.82, 2.24) is 14.9 Å². The summed E-state index contributed by atoms with van der Waals surface area (Å²) in [5.41, 5.74) is 3.56. The highest BCUT2D eigenvalue weighted by molar-refractivity contribution is 5.78. The molecule has 1 aliphatic rings. The molecular weight excluding hydrogens is 214 g/mol. The molecule has 0 spiro atoms. The van der Waals surface area contributed by atoms with Crippen LogP contribution in [0.15, 0.2) is 24.5 Å². The zero-order valence-corrected chi connectivity index (χ0v) is 10.0. The number of nitrogens with one attached hydrogen (secondary N) is 1. The SMILES string of the molecule is Cc1cccc2ncn(C3CNCCOC3)c12. The van der Waals surface area contributed by atoms with Gasteiger partial charge < -0.3 is 14.6 Å². The molecule has 1 N–H and O–H groups in total. The molecular formula is C13H17N3O. The maximum atomic E-state index is 5.61. The van der Waals surface area contributed by atoms with Crippen LogP contribution in [0.4, 0.5) is 0 Å². The number of para-hydroxylation sites is 1. The first-order valence-corrected chi connectivity index (χ1v) is 6.07. The van der Waals surface area contributed by atoms with Gasteiger partial charge in [0, 0.05) is 13.1 Å². The number of fused-ring (bicyclic) bond motifs is 1. The van der Waals surface area contributed by atoms with Crippen molar-refractivity contribution in [2.24, 2.45) is 0 Å². The van der Waals surface area contributed by atoms with Crippen molar-refractivity contribution < 1.29 is 4.74 Å². The lowest BCUT2D eigenvalue weighted by atomic mass is 10.2. The molecule has 1 aromatic carbocycles. The summed E-state index contributed by atoms with van der Waals surface area (Å²) >= 11 is 0. The molecule has 1 atom stereocenters. The number of benzene rings is 1. The molecule has 0 bridgehead atoms. The van der Waals surface area contributed by atoms with Gasteiger partial charge >= 0.3 is 0 Å². The molecule has 2 aromatic rings. The van der Waals surface area contributed by atoms with Gasteiger partial charge in [-0.3, -0.25) is 0 Å². The third kappa shape index (κ3) is 1.94. The lowest BCUT2D eigenvalue weighted by Crippen LogP contribution is -2.25. The Morgan fingerprint density at radius 2 is 2.41 bits per heavy atom. The summed E-state index contributed by atoms with van der Waals surface area (Å²) < 4.78 is 7.85. The second-order valence-electron chi connectivity index (χ2n) is 4.53. The van der Waals surface area contributed by atoms with Gasteiger partial charge in [-0.25, -0.2) is 4.98 Å². The zero-order valence-electron chi connectivity index (χ0n) is 10.0. The van der Waals surface area contributed by atoms with Crippen LogP contribution in [0.5, 0.6) is 0 Å². The van der Waals surface area contributed by atoms with Crippen molar-refractivity contribution in [3.63, 3.8) is 0 Å². The number of hydrogen-bond acceptors (Lipinski definition) is 3. The van der Waals surface area contributed by atoms with Crippen LogP contribution in [0.2, 0.25) is 0 Å². The Kier molecular flexibility index (Phi) is 2.82. The Morgan fingerprint density at radius 1 is 1.47 bits per heavy atom. The standard InChI is InChI=1S/C13H17N3O/c1-10-3-2-4-12-13(10)16(9-15-12)11-7-14-5-6-17-8-11/h2-4,9,11,14H,5-8H2,1H3. The predicted molar refractivity (Wildman–Crippen MR) is 67.2 cm³/mol. The molecule has 1 saturated heterocycles. The minimum Gasteiger partial charge on any atom is -0.378 e. The van der Waals surface area contributed by atoms with Crippen LogP contribution in [-0.2, 0) is 4.74 Å². The highest BCUT2D eigenvalue weighted by Crippen LogP contribution is 2.21. The Morgan fingerprint density at radius 3 is 3.35 bits per heavy atom. The fraction of sp³-hybridized carbons (Fsp3) is 0.462. The third-order valence-corrected chi connectivity index (χ3v) is 3.30. The normalized spacial score (nSPS) is 21.6. The Balaban J connectivity index is 2.04. The van der Waals surface area contributed by atoms with Crippen molar-refractivity contribution >= 4 is 11.0 Å². The van der Waals surface area contributed by atoms with Crippen LogP contribution in [0, 0.1) is 6.92 Å². The van der Waals surface area contributed by atoms with E-state index in [0.29, 0.717) is 6.04 Å². The summed E-state index contributed by atoms with van der Waals surface area (Å²) in [6.07, 6.45) is 1.93. The minimum absolute atomic E-state index is 0.337. The van der Waals surface area contributed by atoms with E-state index in [-0.39, 0.29) is 0 Å². The number of rotatable bonds is 1. The van der Waals surface area contributed by atoms with Crippen LogP contribution in [0.1, 0.15) is 11.6 Å². The van der Waals surface area contributed by atoms with Crippen LogP contribution < -0.4 is 5.32 Å². The van der Waals surface area contributed by atoms with Gasteiger partial charge in [0.05, 0.1) is 36.6 Å². The predicted octanol–water partition coefficient (Wildman–Crippen LogP) is 1.51. The summed E-state index contributed by atoms with van der Waals surface area (Å²) in [5.74, 6) is 0. The number of nitrogens with zero attached hydrogens (tertiary/aromatic N) is 2. The molecule has 90 valence electrons. The van der Waals surface area contributed by atoms with Crippen molar-refractivity contribution in [2.75, 3.05) is 26.3 Å². The van der Waals surface area contributed by atoms with E-state index < -0.39 is 0 Å². The maximum Gasteiger partial charge on any atom is 0.0962 e. The molecule has 1 aromatic heterocycles. The number of aromatic nitrogens is 2. The van der Waals surface area contributed by atoms with E-state index in [4.69, 9.17) is 4.74 Å². The molecule has 4 nitrogen and oxygen atoms in total. The zero-order chi connectivity index (χ0) is 11.7. The van der Waals surface area contributed by atoms with Gasteiger partial charge in [-0.05, 0) is 18.6 Å². The monoisotopic (exact) mass is 231 g/mol. The van der Waals surface area contributed by atoms with E-state index in [2.05, 4.69) is 40.0 Å². The van der Waals surface area contributed by atoms with Crippen LogP contribution in [0.25, 0.3) is 11.0 Å². The molecule has 17 heavy (non-hydrogen) atoms. The first-order chi connectivity index (χ1) is 8.36. The second-order valence-corrected chi connectivity index (χ2v) is 4.53. The maximum absolute atomic E-state index is 5.61. The fourth-order valence-electron chi connectivity index (χ4n) is 2.41. The average molecular weight is 231 g/mol. The molecule has 1 unspecified atom stereocenters. The van der Waals surface area contributed by atoms with Gasteiger partial charge in [-0.1, -0.05) is 12.1 Å². The highest BCUT2D eigenvalue weighted by Gasteiger charge is 2.17. The van der Waals surface area contributed by atoms with Crippen LogP contribution in [-0.4, -0.2) is 35.9 Å². The molecule has 4 heteroatoms. The van der Waals surface area contributed by atoms with E-state index in [1.807, 2.05) is 6.33 Å². The topological polar surface area (TPSA) is 39.1 Å². The third-order valence-electron chi connectivity index (χ3n) is 3.30. The van der Waals surface area contributed by atoms with Gasteiger partial charge in [-0.15, -0.1) is 0 Å². The van der Waals surface area contributed by atoms with Crippen molar-refractivity contribution in [3.05, 3.63) is 30.1 Å². The lowest BCUT2D eigenvalue weighted by Gasteiger charge is -2.17. The van der Waals surface area contributed by atoms with Gasteiger partial charge in [0.1, 0.15) is 0 Å². The van der Waals surface area contributed by atoms with Crippen LogP contribution in [0.3, 0.4) is 0 Å². The Labute approximate surface area is 101 Å². The average Bonchev–Trinajstić information content (AvgIpc) is 2.59. The lowest BCUT2D eigenvalue weighted by molar-refractivity contribution is 0.127. The molecule has 0 saturated carbocycles. The van der Waals surface area contributed by atoms with Gasteiger partial charge in [0.2, 0.25) is 0 Å². The second kappa shape index (κ2) is 4.47. The van der Waals surface area contributed by atoms with E-state index in [0.717, 1.165) is 31.8 Å². The number of imidazole rings is 1. The van der Waals surface area contributed by atoms with Gasteiger partial charge in [0.25, 0.3) is 0 Å². The van der Waals surface area contributed by atoms with E-state index in [1.165, 1.54) is 11.1 Å². The van der Waals surface area contributed by atoms with E-state index in [1.54, 1.807) is 0 Å². The van der Waals surface area contributed by atoms with Crippen molar-refractivity contribution in [1.29, 1.82) is 0 Å². The molecule has 0 aliphatic carbocycles. The van der Waals surface area contributed by atoms with Crippen molar-refractivity contribution in [3.8, 4) is 0 Å². The molecule has 1 aliphatic heterocycles. The number of hydrogen-bond donors (Lipinski definition) is 1. The smallest absolute Gasteiger partial charge is 0.0962 e. The summed E-state index contributed by atoms with van der Waals surface area (Å²) in [4.78, 5) is 4.46. The van der Waals surface area contributed by atoms with Crippen molar-refractivity contribution in [2.45, 2.75) is 13.0 Å². The molecule has 2 heterocycles. The number of ether oxygens (including phenoxy) is 1.